The van der Waals surface area contributed by atoms with Crippen LogP contribution in [0.5, 0.6) is 0 Å². The van der Waals surface area contributed by atoms with Crippen LogP contribution in [0, 0.1) is 40.4 Å². The molecular weight excluding hydrogens is 544 g/mol. The summed E-state index contributed by atoms with van der Waals surface area (Å²) in [4.78, 5) is 25.4. The van der Waals surface area contributed by atoms with Gasteiger partial charge in [-0.15, -0.1) is 0 Å². The van der Waals surface area contributed by atoms with Gasteiger partial charge in [-0.25, -0.2) is 4.79 Å². The van der Waals surface area contributed by atoms with Gasteiger partial charge in [-0.2, -0.15) is 0 Å². The lowest BCUT2D eigenvalue weighted by Crippen LogP contribution is -2.58. The zero-order valence-electron chi connectivity index (χ0n) is 26.3. The van der Waals surface area contributed by atoms with Crippen LogP contribution < -0.4 is 0 Å². The van der Waals surface area contributed by atoms with E-state index in [1.54, 1.807) is 0 Å². The number of carbonyl (C=O) groups is 2. The molecule has 0 amide bonds. The Hall–Kier alpha value is -2.22. The van der Waals surface area contributed by atoms with E-state index in [2.05, 4.69) is 26.8 Å². The maximum absolute atomic E-state index is 13.7. The standard InChI is InChI=1S/C36H48O7/c1-21-31-29(42-36(21)16-15-33(3,20-37)43-36)18-28-26-12-11-24-17-25(40-22(2)38)13-14-34(24,4)27(26)19-30(35(28,31)5)41-32(39)23-9-7-6-8-10-23/h6-10,18,21,24-27,29-31,37H,11-17,19-20H2,1-5H3/t21-,24-,25-,26+,27-,29-,30+,31-,33+,34-,35+,36-/m0/s1. The van der Waals surface area contributed by atoms with E-state index in [0.717, 1.165) is 51.4 Å². The predicted molar refractivity (Wildman–Crippen MR) is 160 cm³/mol. The van der Waals surface area contributed by atoms with Crippen LogP contribution in [0.4, 0.5) is 0 Å². The fraction of sp³-hybridized carbons (Fsp3) is 0.722. The number of aliphatic hydroxyl groups excluding tert-OH is 1. The molecule has 3 saturated carbocycles. The van der Waals surface area contributed by atoms with Gasteiger partial charge in [-0.05, 0) is 87.2 Å². The van der Waals surface area contributed by atoms with Gasteiger partial charge in [0.05, 0.1) is 23.9 Å². The molecule has 1 spiro atoms. The summed E-state index contributed by atoms with van der Waals surface area (Å²) >= 11 is 0. The Morgan fingerprint density at radius 1 is 1.00 bits per heavy atom. The first-order chi connectivity index (χ1) is 20.4. The van der Waals surface area contributed by atoms with Crippen LogP contribution >= 0.6 is 0 Å². The number of aliphatic hydroxyl groups is 1. The van der Waals surface area contributed by atoms with Crippen molar-refractivity contribution in [3.63, 3.8) is 0 Å². The monoisotopic (exact) mass is 592 g/mol. The summed E-state index contributed by atoms with van der Waals surface area (Å²) in [5.74, 6) is 0.257. The summed E-state index contributed by atoms with van der Waals surface area (Å²) in [5, 5.41) is 10.1. The molecule has 7 rings (SSSR count). The molecule has 0 unspecified atom stereocenters. The minimum atomic E-state index is -0.735. The van der Waals surface area contributed by atoms with Crippen LogP contribution in [-0.2, 0) is 23.7 Å². The van der Waals surface area contributed by atoms with Gasteiger partial charge >= 0.3 is 11.9 Å². The Bertz CT molecular complexity index is 1310. The van der Waals surface area contributed by atoms with Crippen LogP contribution in [0.25, 0.3) is 0 Å². The van der Waals surface area contributed by atoms with Crippen molar-refractivity contribution in [2.45, 2.75) is 116 Å². The minimum absolute atomic E-state index is 0.000744. The first-order valence-corrected chi connectivity index (χ1v) is 16.6. The predicted octanol–water partition coefficient (Wildman–Crippen LogP) is 6.24. The topological polar surface area (TPSA) is 91.3 Å². The van der Waals surface area contributed by atoms with Crippen molar-refractivity contribution in [1.29, 1.82) is 0 Å². The summed E-state index contributed by atoms with van der Waals surface area (Å²) in [6.45, 7) is 10.5. The average Bonchev–Trinajstić information content (AvgIpc) is 3.58. The molecule has 2 saturated heterocycles. The number of fused-ring (bicyclic) bond motifs is 7. The van der Waals surface area contributed by atoms with E-state index in [0.29, 0.717) is 23.3 Å². The van der Waals surface area contributed by atoms with Crippen LogP contribution in [-0.4, -0.2) is 53.4 Å². The quantitative estimate of drug-likeness (QED) is 0.327. The SMILES string of the molecule is CC(=O)O[C@H]1CC[C@@]2(C)[C@@H](CC[C@H]3C4=C[C@@H]5O[C@]6(CC[C@](C)(CO)O6)[C@@H](C)[C@@H]5[C@@]4(C)[C@H](OC(=O)c4ccccc4)C[C@@H]32)C1. The fourth-order valence-electron chi connectivity index (χ4n) is 10.8. The van der Waals surface area contributed by atoms with Crippen LogP contribution in [0.15, 0.2) is 42.0 Å². The van der Waals surface area contributed by atoms with E-state index in [-0.39, 0.29) is 59.5 Å². The number of rotatable bonds is 4. The molecule has 234 valence electrons. The summed E-state index contributed by atoms with van der Waals surface area (Å²) in [7, 11) is 0. The lowest BCUT2D eigenvalue weighted by Gasteiger charge is -2.61. The highest BCUT2D eigenvalue weighted by atomic mass is 16.7. The Balaban J connectivity index is 1.24. The lowest BCUT2D eigenvalue weighted by atomic mass is 9.45. The van der Waals surface area contributed by atoms with Gasteiger partial charge in [-0.3, -0.25) is 4.79 Å². The van der Waals surface area contributed by atoms with E-state index in [1.165, 1.54) is 12.5 Å². The van der Waals surface area contributed by atoms with Crippen molar-refractivity contribution >= 4 is 11.9 Å². The van der Waals surface area contributed by atoms with Crippen molar-refractivity contribution in [2.75, 3.05) is 6.61 Å². The molecule has 12 atom stereocenters. The molecule has 1 N–H and O–H groups in total. The normalized spacial score (nSPS) is 48.1. The maximum Gasteiger partial charge on any atom is 0.338 e. The zero-order valence-corrected chi connectivity index (χ0v) is 26.3. The fourth-order valence-corrected chi connectivity index (χ4v) is 10.8. The third kappa shape index (κ3) is 4.39. The molecule has 2 aliphatic heterocycles. The smallest absolute Gasteiger partial charge is 0.338 e. The van der Waals surface area contributed by atoms with Gasteiger partial charge < -0.3 is 24.1 Å². The summed E-state index contributed by atoms with van der Waals surface area (Å²) in [6.07, 6.45) is 9.33. The average molecular weight is 593 g/mol. The van der Waals surface area contributed by atoms with Crippen LogP contribution in [0.3, 0.4) is 0 Å². The molecule has 2 heterocycles. The van der Waals surface area contributed by atoms with Crippen molar-refractivity contribution in [3.8, 4) is 0 Å². The number of esters is 2. The third-order valence-electron chi connectivity index (χ3n) is 13.1. The molecule has 7 nitrogen and oxygen atoms in total. The molecule has 1 aromatic rings. The van der Waals surface area contributed by atoms with E-state index in [9.17, 15) is 14.7 Å². The molecular formula is C36H48O7. The van der Waals surface area contributed by atoms with Crippen LogP contribution in [0.1, 0.15) is 96.3 Å². The molecule has 4 aliphatic carbocycles. The van der Waals surface area contributed by atoms with E-state index < -0.39 is 11.4 Å². The molecule has 43 heavy (non-hydrogen) atoms. The number of benzene rings is 1. The Kier molecular flexibility index (Phi) is 6.96. The van der Waals surface area contributed by atoms with Gasteiger partial charge in [-0.1, -0.05) is 50.6 Å². The van der Waals surface area contributed by atoms with E-state index in [4.69, 9.17) is 18.9 Å². The molecule has 7 heteroatoms. The van der Waals surface area contributed by atoms with Crippen molar-refractivity contribution < 1.29 is 33.6 Å². The van der Waals surface area contributed by atoms with Gasteiger partial charge in [0, 0.05) is 30.6 Å². The second kappa shape index (κ2) is 10.1. The first kappa shape index (κ1) is 29.5. The second-order valence-electron chi connectivity index (χ2n) is 15.3. The molecule has 5 fully saturated rings. The van der Waals surface area contributed by atoms with Crippen molar-refractivity contribution in [3.05, 3.63) is 47.5 Å². The van der Waals surface area contributed by atoms with Crippen LogP contribution in [0.2, 0.25) is 0 Å². The largest absolute Gasteiger partial charge is 0.463 e. The molecule has 6 aliphatic rings. The minimum Gasteiger partial charge on any atom is -0.463 e. The summed E-state index contributed by atoms with van der Waals surface area (Å²) in [6, 6.07) is 9.34. The molecule has 1 aromatic carbocycles. The lowest BCUT2D eigenvalue weighted by molar-refractivity contribution is -0.255. The summed E-state index contributed by atoms with van der Waals surface area (Å²) in [5.41, 5.74) is 1.10. The summed E-state index contributed by atoms with van der Waals surface area (Å²) < 4.78 is 25.8. The van der Waals surface area contributed by atoms with Gasteiger partial charge in [0.2, 0.25) is 0 Å². The van der Waals surface area contributed by atoms with Gasteiger partial charge in [0.15, 0.2) is 5.79 Å². The Morgan fingerprint density at radius 3 is 2.47 bits per heavy atom. The third-order valence-corrected chi connectivity index (χ3v) is 13.1. The Morgan fingerprint density at radius 2 is 1.77 bits per heavy atom. The highest BCUT2D eigenvalue weighted by Gasteiger charge is 2.71. The molecule has 0 radical (unpaired) electrons. The number of carbonyl (C=O) groups excluding carboxylic acids is 2. The maximum atomic E-state index is 13.7. The van der Waals surface area contributed by atoms with Gasteiger partial charge in [0.25, 0.3) is 0 Å². The zero-order chi connectivity index (χ0) is 30.4. The molecule has 0 aromatic heterocycles. The number of ether oxygens (including phenoxy) is 4. The Labute approximate surface area is 255 Å². The van der Waals surface area contributed by atoms with E-state index in [1.807, 2.05) is 37.3 Å². The highest BCUT2D eigenvalue weighted by Crippen LogP contribution is 2.70. The number of hydrogen-bond donors (Lipinski definition) is 1. The second-order valence-corrected chi connectivity index (χ2v) is 15.3. The number of hydrogen-bond acceptors (Lipinski definition) is 7. The molecule has 0 bridgehead atoms. The van der Waals surface area contributed by atoms with Crippen molar-refractivity contribution in [2.24, 2.45) is 40.4 Å². The van der Waals surface area contributed by atoms with E-state index >= 15 is 0 Å². The highest BCUT2D eigenvalue weighted by molar-refractivity contribution is 5.89. The first-order valence-electron chi connectivity index (χ1n) is 16.6. The van der Waals surface area contributed by atoms with Gasteiger partial charge in [0.1, 0.15) is 12.2 Å². The van der Waals surface area contributed by atoms with Crippen molar-refractivity contribution in [1.82, 2.24) is 0 Å².